The van der Waals surface area contributed by atoms with Gasteiger partial charge in [0.2, 0.25) is 0 Å². The fourth-order valence-corrected chi connectivity index (χ4v) is 2.42. The Kier molecular flexibility index (Phi) is 5.00. The number of pyridine rings is 1. The molecule has 0 fully saturated rings. The molecule has 0 aliphatic heterocycles. The molecule has 4 nitrogen and oxygen atoms in total. The predicted octanol–water partition coefficient (Wildman–Crippen LogP) is 4.14. The lowest BCUT2D eigenvalue weighted by atomic mass is 10.1. The molecule has 1 N–H and O–H groups in total. The van der Waals surface area contributed by atoms with Crippen LogP contribution in [-0.4, -0.2) is 11.6 Å². The summed E-state index contributed by atoms with van der Waals surface area (Å²) >= 11 is 0. The highest BCUT2D eigenvalue weighted by Crippen LogP contribution is 2.25. The maximum atomic E-state index is 9.32. The van der Waals surface area contributed by atoms with Crippen molar-refractivity contribution in [3.63, 3.8) is 0 Å². The van der Waals surface area contributed by atoms with E-state index in [1.54, 1.807) is 0 Å². The lowest BCUT2D eigenvalue weighted by Crippen LogP contribution is -2.09. The number of aryl methyl sites for hydroxylation is 2. The summed E-state index contributed by atoms with van der Waals surface area (Å²) in [5, 5.41) is 12.7. The number of nitrogens with one attached hydrogen (secondary N) is 1. The van der Waals surface area contributed by atoms with E-state index in [1.807, 2.05) is 51.1 Å². The third-order valence-electron chi connectivity index (χ3n) is 3.50. The number of anilines is 1. The summed E-state index contributed by atoms with van der Waals surface area (Å²) in [5.41, 5.74) is 4.22. The first-order valence-electron chi connectivity index (χ1n) is 7.42. The monoisotopic (exact) mass is 295 g/mol. The zero-order chi connectivity index (χ0) is 16.1. The quantitative estimate of drug-likeness (QED) is 0.900. The normalized spacial score (nSPS) is 11.6. The molecule has 0 spiro atoms. The van der Waals surface area contributed by atoms with Crippen LogP contribution in [0, 0.1) is 25.2 Å². The third-order valence-corrected chi connectivity index (χ3v) is 3.50. The van der Waals surface area contributed by atoms with E-state index >= 15 is 0 Å². The smallest absolute Gasteiger partial charge is 0.119 e. The van der Waals surface area contributed by atoms with Crippen LogP contribution in [0.3, 0.4) is 0 Å². The lowest BCUT2D eigenvalue weighted by Gasteiger charge is -2.18. The van der Waals surface area contributed by atoms with Crippen molar-refractivity contribution in [2.45, 2.75) is 33.7 Å². The van der Waals surface area contributed by atoms with Crippen molar-refractivity contribution in [1.29, 1.82) is 5.26 Å². The molecule has 0 aliphatic carbocycles. The summed E-state index contributed by atoms with van der Waals surface area (Å²) in [6.07, 6.45) is 0. The van der Waals surface area contributed by atoms with Gasteiger partial charge >= 0.3 is 0 Å². The Morgan fingerprint density at radius 2 is 1.95 bits per heavy atom. The highest BCUT2D eigenvalue weighted by Gasteiger charge is 2.12. The largest absolute Gasteiger partial charge is 0.494 e. The Morgan fingerprint density at radius 3 is 2.55 bits per heavy atom. The molecule has 114 valence electrons. The third kappa shape index (κ3) is 3.56. The van der Waals surface area contributed by atoms with Gasteiger partial charge in [-0.05, 0) is 51.5 Å². The zero-order valence-electron chi connectivity index (χ0n) is 13.5. The second-order valence-corrected chi connectivity index (χ2v) is 5.25. The molecule has 1 atom stereocenters. The number of aromatic nitrogens is 1. The lowest BCUT2D eigenvalue weighted by molar-refractivity contribution is 0.340. The molecule has 4 heteroatoms. The molecule has 0 saturated heterocycles. The van der Waals surface area contributed by atoms with E-state index < -0.39 is 0 Å². The molecule has 2 aromatic rings. The van der Waals surface area contributed by atoms with Crippen LogP contribution in [0.4, 0.5) is 5.69 Å². The molecule has 1 aromatic heterocycles. The van der Waals surface area contributed by atoms with Gasteiger partial charge in [-0.15, -0.1) is 0 Å². The Balaban J connectivity index is 2.22. The average Bonchev–Trinajstić information content (AvgIpc) is 2.48. The van der Waals surface area contributed by atoms with Crippen molar-refractivity contribution in [3.8, 4) is 11.8 Å². The minimum absolute atomic E-state index is 0.0870. The Hall–Kier alpha value is -2.54. The molecule has 1 unspecified atom stereocenters. The van der Waals surface area contributed by atoms with Gasteiger partial charge in [0, 0.05) is 11.7 Å². The van der Waals surface area contributed by atoms with E-state index in [9.17, 15) is 5.26 Å². The molecule has 22 heavy (non-hydrogen) atoms. The average molecular weight is 295 g/mol. The topological polar surface area (TPSA) is 57.9 Å². The van der Waals surface area contributed by atoms with Gasteiger partial charge < -0.3 is 10.1 Å². The number of nitrogens with zero attached hydrogens (tertiary/aromatic N) is 2. The van der Waals surface area contributed by atoms with Gasteiger partial charge in [0.1, 0.15) is 11.8 Å². The van der Waals surface area contributed by atoms with Crippen molar-refractivity contribution < 1.29 is 4.74 Å². The highest BCUT2D eigenvalue weighted by molar-refractivity contribution is 5.60. The van der Waals surface area contributed by atoms with Gasteiger partial charge in [0.05, 0.1) is 23.6 Å². The van der Waals surface area contributed by atoms with Crippen LogP contribution >= 0.6 is 0 Å². The first-order chi connectivity index (χ1) is 10.5. The van der Waals surface area contributed by atoms with Crippen molar-refractivity contribution in [1.82, 2.24) is 4.98 Å². The van der Waals surface area contributed by atoms with E-state index in [4.69, 9.17) is 4.74 Å². The minimum Gasteiger partial charge on any atom is -0.494 e. The predicted molar refractivity (Wildman–Crippen MR) is 88.1 cm³/mol. The number of hydrogen-bond donors (Lipinski definition) is 1. The molecular formula is C18H21N3O. The number of ether oxygens (including phenoxy) is 1. The minimum atomic E-state index is 0.0870. The number of nitriles is 1. The van der Waals surface area contributed by atoms with Crippen molar-refractivity contribution in [3.05, 3.63) is 52.8 Å². The van der Waals surface area contributed by atoms with Crippen LogP contribution in [0.25, 0.3) is 0 Å². The molecule has 0 amide bonds. The SMILES string of the molecule is CCOc1ccc(C(C)Nc2cc(C)nc(C)c2C#N)cc1. The molecule has 0 aliphatic rings. The first kappa shape index (κ1) is 15.8. The molecule has 2 rings (SSSR count). The number of benzene rings is 1. The van der Waals surface area contributed by atoms with Crippen LogP contribution in [0.2, 0.25) is 0 Å². The summed E-state index contributed by atoms with van der Waals surface area (Å²) < 4.78 is 5.46. The van der Waals surface area contributed by atoms with Crippen LogP contribution in [-0.2, 0) is 0 Å². The van der Waals surface area contributed by atoms with Gasteiger partial charge in [0.25, 0.3) is 0 Å². The van der Waals surface area contributed by atoms with E-state index in [-0.39, 0.29) is 6.04 Å². The van der Waals surface area contributed by atoms with Crippen LogP contribution in [0.5, 0.6) is 5.75 Å². The molecule has 0 saturated carbocycles. The van der Waals surface area contributed by atoms with Gasteiger partial charge in [0.15, 0.2) is 0 Å². The van der Waals surface area contributed by atoms with Gasteiger partial charge in [-0.2, -0.15) is 5.26 Å². The summed E-state index contributed by atoms with van der Waals surface area (Å²) in [6.45, 7) is 8.49. The standard InChI is InChI=1S/C18H21N3O/c1-5-22-16-8-6-15(7-9-16)13(3)21-18-10-12(2)20-14(4)17(18)11-19/h6-10,13H,5H2,1-4H3,(H,20,21). The zero-order valence-corrected chi connectivity index (χ0v) is 13.5. The summed E-state index contributed by atoms with van der Waals surface area (Å²) in [5.74, 6) is 0.867. The Morgan fingerprint density at radius 1 is 1.27 bits per heavy atom. The molecular weight excluding hydrogens is 274 g/mol. The number of rotatable bonds is 5. The summed E-state index contributed by atoms with van der Waals surface area (Å²) in [7, 11) is 0. The maximum absolute atomic E-state index is 9.32. The van der Waals surface area contributed by atoms with E-state index in [0.717, 1.165) is 28.4 Å². The van der Waals surface area contributed by atoms with E-state index in [0.29, 0.717) is 12.2 Å². The summed E-state index contributed by atoms with van der Waals surface area (Å²) in [6, 6.07) is 12.2. The van der Waals surface area contributed by atoms with Crippen molar-refractivity contribution in [2.24, 2.45) is 0 Å². The van der Waals surface area contributed by atoms with Gasteiger partial charge in [-0.3, -0.25) is 4.98 Å². The fraction of sp³-hybridized carbons (Fsp3) is 0.333. The van der Waals surface area contributed by atoms with Gasteiger partial charge in [-0.1, -0.05) is 12.1 Å². The fourth-order valence-electron chi connectivity index (χ4n) is 2.42. The van der Waals surface area contributed by atoms with E-state index in [1.165, 1.54) is 0 Å². The van der Waals surface area contributed by atoms with E-state index in [2.05, 4.69) is 23.3 Å². The Labute approximate surface area is 131 Å². The van der Waals surface area contributed by atoms with Crippen LogP contribution in [0.15, 0.2) is 30.3 Å². The maximum Gasteiger partial charge on any atom is 0.119 e. The molecule has 1 heterocycles. The Bertz CT molecular complexity index is 687. The first-order valence-corrected chi connectivity index (χ1v) is 7.42. The molecule has 0 bridgehead atoms. The van der Waals surface area contributed by atoms with Crippen molar-refractivity contribution in [2.75, 3.05) is 11.9 Å². The van der Waals surface area contributed by atoms with Crippen LogP contribution < -0.4 is 10.1 Å². The number of hydrogen-bond acceptors (Lipinski definition) is 4. The second kappa shape index (κ2) is 6.95. The van der Waals surface area contributed by atoms with Crippen LogP contribution in [0.1, 0.15) is 42.4 Å². The molecule has 1 aromatic carbocycles. The second-order valence-electron chi connectivity index (χ2n) is 5.25. The van der Waals surface area contributed by atoms with Gasteiger partial charge in [-0.25, -0.2) is 0 Å². The molecule has 0 radical (unpaired) electrons. The van der Waals surface area contributed by atoms with Crippen molar-refractivity contribution >= 4 is 5.69 Å². The summed E-state index contributed by atoms with van der Waals surface area (Å²) in [4.78, 5) is 4.34. The highest BCUT2D eigenvalue weighted by atomic mass is 16.5.